The van der Waals surface area contributed by atoms with Crippen LogP contribution in [0, 0.1) is 5.82 Å². The first-order valence-electron chi connectivity index (χ1n) is 6.78. The summed E-state index contributed by atoms with van der Waals surface area (Å²) in [7, 11) is 1.69. The van der Waals surface area contributed by atoms with E-state index in [0.29, 0.717) is 13.0 Å². The Labute approximate surface area is 118 Å². The van der Waals surface area contributed by atoms with Gasteiger partial charge in [-0.05, 0) is 24.5 Å². The van der Waals surface area contributed by atoms with E-state index in [1.165, 1.54) is 6.07 Å². The van der Waals surface area contributed by atoms with Gasteiger partial charge in [0.05, 0.1) is 0 Å². The molecule has 0 fully saturated rings. The van der Waals surface area contributed by atoms with E-state index in [9.17, 15) is 4.39 Å². The fourth-order valence-corrected chi connectivity index (χ4v) is 2.02. The van der Waals surface area contributed by atoms with Crippen LogP contribution in [-0.2, 0) is 17.7 Å². The topological polar surface area (TPSA) is 39.1 Å². The molecule has 0 aliphatic rings. The van der Waals surface area contributed by atoms with Gasteiger partial charge >= 0.3 is 0 Å². The zero-order valence-corrected chi connectivity index (χ0v) is 11.7. The minimum atomic E-state index is -0.151. The molecule has 1 heterocycles. The number of nitrogens with one attached hydrogen (secondary N) is 1. The number of aromatic nitrogens is 2. The second-order valence-electron chi connectivity index (χ2n) is 4.56. The number of halogens is 1. The van der Waals surface area contributed by atoms with Crippen LogP contribution in [0.4, 0.5) is 10.3 Å². The monoisotopic (exact) mass is 277 g/mol. The van der Waals surface area contributed by atoms with E-state index in [1.807, 2.05) is 22.9 Å². The van der Waals surface area contributed by atoms with E-state index < -0.39 is 0 Å². The molecule has 0 amide bonds. The smallest absolute Gasteiger partial charge is 0.202 e. The first-order chi connectivity index (χ1) is 9.81. The summed E-state index contributed by atoms with van der Waals surface area (Å²) in [6.45, 7) is 2.24. The van der Waals surface area contributed by atoms with E-state index in [-0.39, 0.29) is 5.82 Å². The molecule has 2 aromatic rings. The highest BCUT2D eigenvalue weighted by atomic mass is 19.1. The number of hydrogen-bond acceptors (Lipinski definition) is 3. The Morgan fingerprint density at radius 3 is 3.00 bits per heavy atom. The third-order valence-electron chi connectivity index (χ3n) is 3.10. The number of anilines is 1. The predicted molar refractivity (Wildman–Crippen MR) is 77.3 cm³/mol. The number of ether oxygens (including phenoxy) is 1. The number of methoxy groups -OCH3 is 1. The SMILES string of the molecule is COCCCNc1nccn1CCc1ccccc1F. The van der Waals surface area contributed by atoms with Crippen LogP contribution >= 0.6 is 0 Å². The van der Waals surface area contributed by atoms with Crippen molar-refractivity contribution in [3.8, 4) is 0 Å². The highest BCUT2D eigenvalue weighted by Crippen LogP contribution is 2.11. The summed E-state index contributed by atoms with van der Waals surface area (Å²) in [6, 6.07) is 6.88. The normalized spacial score (nSPS) is 10.7. The average molecular weight is 277 g/mol. The molecule has 0 saturated heterocycles. The minimum Gasteiger partial charge on any atom is -0.385 e. The Hall–Kier alpha value is -1.88. The lowest BCUT2D eigenvalue weighted by atomic mass is 10.1. The van der Waals surface area contributed by atoms with Crippen molar-refractivity contribution in [2.24, 2.45) is 0 Å². The molecule has 0 bridgehead atoms. The quantitative estimate of drug-likeness (QED) is 0.754. The number of hydrogen-bond donors (Lipinski definition) is 1. The lowest BCUT2D eigenvalue weighted by molar-refractivity contribution is 0.197. The van der Waals surface area contributed by atoms with E-state index in [1.54, 1.807) is 19.4 Å². The standard InChI is InChI=1S/C15H20FN3O/c1-20-12-4-8-17-15-18-9-11-19(15)10-7-13-5-2-3-6-14(13)16/h2-3,5-6,9,11H,4,7-8,10,12H2,1H3,(H,17,18). The maximum atomic E-state index is 13.6. The van der Waals surface area contributed by atoms with Crippen LogP contribution in [-0.4, -0.2) is 29.8 Å². The summed E-state index contributed by atoms with van der Waals surface area (Å²) >= 11 is 0. The first kappa shape index (κ1) is 14.5. The van der Waals surface area contributed by atoms with Gasteiger partial charge in [-0.2, -0.15) is 0 Å². The average Bonchev–Trinajstić information content (AvgIpc) is 2.90. The van der Waals surface area contributed by atoms with Crippen LogP contribution in [0.3, 0.4) is 0 Å². The van der Waals surface area contributed by atoms with Crippen molar-refractivity contribution in [2.45, 2.75) is 19.4 Å². The van der Waals surface area contributed by atoms with Crippen molar-refractivity contribution >= 4 is 5.95 Å². The number of nitrogens with zero attached hydrogens (tertiary/aromatic N) is 2. The van der Waals surface area contributed by atoms with E-state index in [4.69, 9.17) is 4.74 Å². The Balaban J connectivity index is 1.87. The van der Waals surface area contributed by atoms with Gasteiger partial charge in [0.1, 0.15) is 5.82 Å². The molecule has 0 atom stereocenters. The number of benzene rings is 1. The minimum absolute atomic E-state index is 0.151. The molecule has 20 heavy (non-hydrogen) atoms. The number of rotatable bonds is 8. The predicted octanol–water partition coefficient (Wildman–Crippen LogP) is 2.71. The van der Waals surface area contributed by atoms with Crippen molar-refractivity contribution in [3.05, 3.63) is 48.0 Å². The molecule has 0 unspecified atom stereocenters. The summed E-state index contributed by atoms with van der Waals surface area (Å²) in [5.41, 5.74) is 0.728. The second kappa shape index (κ2) is 7.65. The first-order valence-corrected chi connectivity index (χ1v) is 6.78. The van der Waals surface area contributed by atoms with Crippen LogP contribution in [0.5, 0.6) is 0 Å². The van der Waals surface area contributed by atoms with Crippen molar-refractivity contribution in [1.29, 1.82) is 0 Å². The zero-order chi connectivity index (χ0) is 14.2. The summed E-state index contributed by atoms with van der Waals surface area (Å²) in [5.74, 6) is 0.666. The molecular formula is C15H20FN3O. The van der Waals surface area contributed by atoms with Gasteiger partial charge in [0.15, 0.2) is 0 Å². The molecule has 1 aromatic carbocycles. The van der Waals surface area contributed by atoms with Crippen molar-refractivity contribution in [2.75, 3.05) is 25.6 Å². The van der Waals surface area contributed by atoms with Crippen LogP contribution in [0.2, 0.25) is 0 Å². The lowest BCUT2D eigenvalue weighted by Crippen LogP contribution is -2.11. The third-order valence-corrected chi connectivity index (χ3v) is 3.10. The van der Waals surface area contributed by atoms with Crippen molar-refractivity contribution in [1.82, 2.24) is 9.55 Å². The molecule has 0 aliphatic carbocycles. The van der Waals surface area contributed by atoms with Gasteiger partial charge in [0, 0.05) is 39.2 Å². The molecule has 0 radical (unpaired) electrons. The summed E-state index contributed by atoms with van der Waals surface area (Å²) in [6.07, 6.45) is 5.23. The van der Waals surface area contributed by atoms with E-state index in [0.717, 1.165) is 31.1 Å². The van der Waals surface area contributed by atoms with Gasteiger partial charge in [0.2, 0.25) is 5.95 Å². The molecule has 108 valence electrons. The van der Waals surface area contributed by atoms with Crippen LogP contribution in [0.1, 0.15) is 12.0 Å². The maximum absolute atomic E-state index is 13.6. The van der Waals surface area contributed by atoms with E-state index >= 15 is 0 Å². The van der Waals surface area contributed by atoms with Gasteiger partial charge in [-0.25, -0.2) is 9.37 Å². The highest BCUT2D eigenvalue weighted by molar-refractivity contribution is 5.26. The van der Waals surface area contributed by atoms with Crippen molar-refractivity contribution < 1.29 is 9.13 Å². The van der Waals surface area contributed by atoms with E-state index in [2.05, 4.69) is 10.3 Å². The summed E-state index contributed by atoms with van der Waals surface area (Å²) < 4.78 is 20.6. The Morgan fingerprint density at radius 1 is 1.35 bits per heavy atom. The van der Waals surface area contributed by atoms with Gasteiger partial charge in [-0.3, -0.25) is 0 Å². The van der Waals surface area contributed by atoms with Crippen LogP contribution in [0.25, 0.3) is 0 Å². The summed E-state index contributed by atoms with van der Waals surface area (Å²) in [5, 5.41) is 3.26. The summed E-state index contributed by atoms with van der Waals surface area (Å²) in [4.78, 5) is 4.27. The fraction of sp³-hybridized carbons (Fsp3) is 0.400. The molecule has 4 nitrogen and oxygen atoms in total. The lowest BCUT2D eigenvalue weighted by Gasteiger charge is -2.10. The maximum Gasteiger partial charge on any atom is 0.202 e. The van der Waals surface area contributed by atoms with Gasteiger partial charge in [-0.1, -0.05) is 18.2 Å². The Kier molecular flexibility index (Phi) is 5.55. The molecule has 2 rings (SSSR count). The number of imidazole rings is 1. The Bertz CT molecular complexity index is 527. The second-order valence-corrected chi connectivity index (χ2v) is 4.56. The molecular weight excluding hydrogens is 257 g/mol. The molecule has 0 saturated carbocycles. The highest BCUT2D eigenvalue weighted by Gasteiger charge is 2.04. The Morgan fingerprint density at radius 2 is 2.20 bits per heavy atom. The molecule has 0 spiro atoms. The number of aryl methyl sites for hydroxylation is 2. The van der Waals surface area contributed by atoms with Crippen molar-refractivity contribution in [3.63, 3.8) is 0 Å². The largest absolute Gasteiger partial charge is 0.385 e. The van der Waals surface area contributed by atoms with Crippen LogP contribution in [0.15, 0.2) is 36.7 Å². The van der Waals surface area contributed by atoms with Gasteiger partial charge < -0.3 is 14.6 Å². The molecule has 1 aromatic heterocycles. The van der Waals surface area contributed by atoms with Crippen LogP contribution < -0.4 is 5.32 Å². The molecule has 1 N–H and O–H groups in total. The zero-order valence-electron chi connectivity index (χ0n) is 11.7. The van der Waals surface area contributed by atoms with Gasteiger partial charge in [-0.15, -0.1) is 0 Å². The fourth-order valence-electron chi connectivity index (χ4n) is 2.02. The molecule has 0 aliphatic heterocycles. The van der Waals surface area contributed by atoms with Gasteiger partial charge in [0.25, 0.3) is 0 Å². The molecule has 5 heteroatoms. The third kappa shape index (κ3) is 4.06.